The second-order valence-electron chi connectivity index (χ2n) is 6.23. The maximum absolute atomic E-state index is 11.6. The second kappa shape index (κ2) is 5.95. The van der Waals surface area contributed by atoms with Gasteiger partial charge in [0.1, 0.15) is 5.54 Å². The van der Waals surface area contributed by atoms with Crippen molar-refractivity contribution in [1.82, 2.24) is 15.1 Å². The molecule has 0 saturated heterocycles. The lowest BCUT2D eigenvalue weighted by Crippen LogP contribution is -2.53. The minimum Gasteiger partial charge on any atom is -0.480 e. The summed E-state index contributed by atoms with van der Waals surface area (Å²) < 4.78 is 1.94. The number of aryl methyl sites for hydroxylation is 1. The van der Waals surface area contributed by atoms with Crippen LogP contribution in [-0.4, -0.2) is 32.4 Å². The predicted octanol–water partition coefficient (Wildman–Crippen LogP) is 2.60. The van der Waals surface area contributed by atoms with Crippen molar-refractivity contribution in [3.63, 3.8) is 0 Å². The van der Waals surface area contributed by atoms with Gasteiger partial charge in [-0.1, -0.05) is 0 Å². The van der Waals surface area contributed by atoms with Gasteiger partial charge in [-0.05, 0) is 60.5 Å². The number of hydrogen-bond donors (Lipinski definition) is 2. The molecule has 0 amide bonds. The first-order valence-corrected chi connectivity index (χ1v) is 7.12. The van der Waals surface area contributed by atoms with Crippen LogP contribution in [-0.2, 0) is 4.79 Å². The van der Waals surface area contributed by atoms with E-state index in [0.717, 1.165) is 11.4 Å². The Hall–Kier alpha value is -1.36. The van der Waals surface area contributed by atoms with Gasteiger partial charge in [-0.2, -0.15) is 5.10 Å². The fourth-order valence-electron chi connectivity index (χ4n) is 2.70. The molecular formula is C15H27N3O2. The van der Waals surface area contributed by atoms with E-state index in [1.807, 2.05) is 46.2 Å². The summed E-state index contributed by atoms with van der Waals surface area (Å²) >= 11 is 0. The summed E-state index contributed by atoms with van der Waals surface area (Å²) in [6, 6.07) is 0.139. The largest absolute Gasteiger partial charge is 0.480 e. The summed E-state index contributed by atoms with van der Waals surface area (Å²) in [6.07, 6.45) is 0.488. The Labute approximate surface area is 121 Å². The van der Waals surface area contributed by atoms with E-state index in [1.54, 1.807) is 6.92 Å². The van der Waals surface area contributed by atoms with Crippen LogP contribution in [0.5, 0.6) is 0 Å². The highest BCUT2D eigenvalue weighted by molar-refractivity contribution is 5.78. The van der Waals surface area contributed by atoms with Crippen LogP contribution >= 0.6 is 0 Å². The Kier molecular flexibility index (Phi) is 4.97. The smallest absolute Gasteiger partial charge is 0.323 e. The highest BCUT2D eigenvalue weighted by atomic mass is 16.4. The van der Waals surface area contributed by atoms with Crippen molar-refractivity contribution in [2.75, 3.05) is 0 Å². The maximum atomic E-state index is 11.6. The first-order valence-electron chi connectivity index (χ1n) is 7.12. The van der Waals surface area contributed by atoms with Crippen LogP contribution in [0.4, 0.5) is 0 Å². The normalized spacial score (nSPS) is 16.2. The van der Waals surface area contributed by atoms with E-state index in [4.69, 9.17) is 0 Å². The predicted molar refractivity (Wildman–Crippen MR) is 80.1 cm³/mol. The number of carboxylic acids is 1. The third kappa shape index (κ3) is 3.39. The Balaban J connectivity index is 2.99. The van der Waals surface area contributed by atoms with Gasteiger partial charge in [0.15, 0.2) is 0 Å². The van der Waals surface area contributed by atoms with Gasteiger partial charge < -0.3 is 5.11 Å². The van der Waals surface area contributed by atoms with Crippen molar-refractivity contribution in [3.8, 4) is 0 Å². The molecule has 1 aromatic rings. The van der Waals surface area contributed by atoms with Crippen molar-refractivity contribution < 1.29 is 9.90 Å². The topological polar surface area (TPSA) is 67.2 Å². The molecule has 0 aromatic carbocycles. The fourth-order valence-corrected chi connectivity index (χ4v) is 2.70. The molecule has 0 aliphatic heterocycles. The molecule has 0 aliphatic rings. The third-order valence-electron chi connectivity index (χ3n) is 3.89. The minimum absolute atomic E-state index is 0.0229. The van der Waals surface area contributed by atoms with Gasteiger partial charge in [-0.25, -0.2) is 0 Å². The molecule has 0 bridgehead atoms. The molecule has 0 aliphatic carbocycles. The number of carboxylic acid groups (broad SMARTS) is 1. The Morgan fingerprint density at radius 1 is 1.35 bits per heavy atom. The molecule has 0 saturated carbocycles. The first kappa shape index (κ1) is 16.7. The lowest BCUT2D eigenvalue weighted by molar-refractivity contribution is -0.145. The molecule has 2 atom stereocenters. The van der Waals surface area contributed by atoms with Crippen molar-refractivity contribution in [1.29, 1.82) is 0 Å². The second-order valence-corrected chi connectivity index (χ2v) is 6.23. The average molecular weight is 281 g/mol. The SMILES string of the molecule is Cc1nn(C(C)CC(C)(NC(C)C)C(=O)O)c(C)c1C. The molecule has 2 unspecified atom stereocenters. The summed E-state index contributed by atoms with van der Waals surface area (Å²) in [5.41, 5.74) is 2.33. The molecule has 0 radical (unpaired) electrons. The van der Waals surface area contributed by atoms with E-state index in [2.05, 4.69) is 10.4 Å². The van der Waals surface area contributed by atoms with Crippen LogP contribution in [0.25, 0.3) is 0 Å². The summed E-state index contributed by atoms with van der Waals surface area (Å²) in [7, 11) is 0. The van der Waals surface area contributed by atoms with Gasteiger partial charge >= 0.3 is 5.97 Å². The molecule has 2 N–H and O–H groups in total. The van der Waals surface area contributed by atoms with E-state index in [1.165, 1.54) is 5.56 Å². The van der Waals surface area contributed by atoms with Crippen molar-refractivity contribution in [3.05, 3.63) is 17.0 Å². The van der Waals surface area contributed by atoms with Crippen LogP contribution < -0.4 is 5.32 Å². The average Bonchev–Trinajstić information content (AvgIpc) is 2.55. The van der Waals surface area contributed by atoms with Crippen LogP contribution in [0.2, 0.25) is 0 Å². The molecule has 1 rings (SSSR count). The van der Waals surface area contributed by atoms with Gasteiger partial charge in [-0.3, -0.25) is 14.8 Å². The van der Waals surface area contributed by atoms with Gasteiger partial charge in [0, 0.05) is 11.7 Å². The number of aliphatic carboxylic acids is 1. The highest BCUT2D eigenvalue weighted by Crippen LogP contribution is 2.24. The van der Waals surface area contributed by atoms with Gasteiger partial charge in [0.05, 0.1) is 11.7 Å². The first-order chi connectivity index (χ1) is 9.08. The number of carbonyl (C=O) groups is 1. The molecule has 114 valence electrons. The molecule has 0 spiro atoms. The number of nitrogens with zero attached hydrogens (tertiary/aromatic N) is 2. The number of nitrogens with one attached hydrogen (secondary N) is 1. The number of aromatic nitrogens is 2. The van der Waals surface area contributed by atoms with E-state index < -0.39 is 11.5 Å². The zero-order valence-corrected chi connectivity index (χ0v) is 13.6. The van der Waals surface area contributed by atoms with Crippen LogP contribution in [0, 0.1) is 20.8 Å². The molecule has 5 nitrogen and oxygen atoms in total. The summed E-state index contributed by atoms with van der Waals surface area (Å²) in [6.45, 7) is 13.7. The summed E-state index contributed by atoms with van der Waals surface area (Å²) in [5, 5.41) is 17.2. The molecule has 0 fully saturated rings. The minimum atomic E-state index is -0.951. The summed E-state index contributed by atoms with van der Waals surface area (Å²) in [4.78, 5) is 11.6. The quantitative estimate of drug-likeness (QED) is 0.841. The maximum Gasteiger partial charge on any atom is 0.323 e. The number of hydrogen-bond acceptors (Lipinski definition) is 3. The number of rotatable bonds is 6. The monoisotopic (exact) mass is 281 g/mol. The third-order valence-corrected chi connectivity index (χ3v) is 3.89. The van der Waals surface area contributed by atoms with Crippen molar-refractivity contribution in [2.24, 2.45) is 0 Å². The van der Waals surface area contributed by atoms with Gasteiger partial charge in [-0.15, -0.1) is 0 Å². The lowest BCUT2D eigenvalue weighted by atomic mass is 9.92. The van der Waals surface area contributed by atoms with E-state index in [9.17, 15) is 9.90 Å². The van der Waals surface area contributed by atoms with Gasteiger partial charge in [0.2, 0.25) is 0 Å². The zero-order chi connectivity index (χ0) is 15.7. The molecular weight excluding hydrogens is 254 g/mol. The van der Waals surface area contributed by atoms with Crippen molar-refractivity contribution >= 4 is 5.97 Å². The molecule has 1 aromatic heterocycles. The zero-order valence-electron chi connectivity index (χ0n) is 13.6. The Morgan fingerprint density at radius 3 is 2.25 bits per heavy atom. The van der Waals surface area contributed by atoms with Crippen LogP contribution in [0.3, 0.4) is 0 Å². The lowest BCUT2D eigenvalue weighted by Gasteiger charge is -2.31. The van der Waals surface area contributed by atoms with Crippen LogP contribution in [0.1, 0.15) is 57.1 Å². The standard InChI is InChI=1S/C15H27N3O2/c1-9(2)16-15(7,14(19)20)8-10(3)18-13(6)11(4)12(5)17-18/h9-10,16H,8H2,1-7H3,(H,19,20). The van der Waals surface area contributed by atoms with E-state index in [0.29, 0.717) is 6.42 Å². The molecule has 1 heterocycles. The Morgan fingerprint density at radius 2 is 1.90 bits per heavy atom. The van der Waals surface area contributed by atoms with E-state index >= 15 is 0 Å². The summed E-state index contributed by atoms with van der Waals surface area (Å²) in [5.74, 6) is -0.823. The Bertz CT molecular complexity index is 494. The van der Waals surface area contributed by atoms with Crippen molar-refractivity contribution in [2.45, 2.75) is 72.5 Å². The molecule has 20 heavy (non-hydrogen) atoms. The van der Waals surface area contributed by atoms with E-state index in [-0.39, 0.29) is 12.1 Å². The van der Waals surface area contributed by atoms with Gasteiger partial charge in [0.25, 0.3) is 0 Å². The van der Waals surface area contributed by atoms with Crippen LogP contribution in [0.15, 0.2) is 0 Å². The highest BCUT2D eigenvalue weighted by Gasteiger charge is 2.36. The molecule has 5 heteroatoms. The fraction of sp³-hybridized carbons (Fsp3) is 0.733.